The van der Waals surface area contributed by atoms with Gasteiger partial charge in [-0.05, 0) is 37.7 Å². The van der Waals surface area contributed by atoms with Gasteiger partial charge in [0.25, 0.3) is 0 Å². The molecule has 0 bridgehead atoms. The first-order valence-electron chi connectivity index (χ1n) is 10.2. The van der Waals surface area contributed by atoms with Gasteiger partial charge < -0.3 is 14.6 Å². The number of rotatable bonds is 5. The highest BCUT2D eigenvalue weighted by Crippen LogP contribution is 2.58. The van der Waals surface area contributed by atoms with Crippen LogP contribution in [0.1, 0.15) is 74.1 Å². The van der Waals surface area contributed by atoms with Gasteiger partial charge in [-0.1, -0.05) is 40.2 Å². The topological polar surface area (TPSA) is 72.8 Å². The summed E-state index contributed by atoms with van der Waals surface area (Å²) in [4.78, 5) is 24.2. The highest BCUT2D eigenvalue weighted by atomic mass is 16.6. The van der Waals surface area contributed by atoms with Gasteiger partial charge in [-0.3, -0.25) is 9.59 Å². The van der Waals surface area contributed by atoms with E-state index in [0.29, 0.717) is 25.7 Å². The lowest BCUT2D eigenvalue weighted by Crippen LogP contribution is -2.53. The molecule has 0 amide bonds. The Morgan fingerprint density at radius 3 is 2.37 bits per heavy atom. The van der Waals surface area contributed by atoms with Crippen molar-refractivity contribution in [1.82, 2.24) is 0 Å². The van der Waals surface area contributed by atoms with Crippen LogP contribution in [0.25, 0.3) is 0 Å². The molecule has 5 unspecified atom stereocenters. The number of fused-ring (bicyclic) bond motifs is 1. The average molecular weight is 381 g/mol. The SMILES string of the molecule is CC(=O)OC1C=C(C)CC(OC(=O)CC(C)C)C2C1(C)CCC2(O)C(C)C. The van der Waals surface area contributed by atoms with Crippen LogP contribution in [-0.2, 0) is 19.1 Å². The third-order valence-electron chi connectivity index (χ3n) is 6.44. The molecule has 2 rings (SSSR count). The summed E-state index contributed by atoms with van der Waals surface area (Å²) in [5.41, 5.74) is -0.426. The molecule has 5 heteroatoms. The lowest BCUT2D eigenvalue weighted by Gasteiger charge is -2.45. The zero-order valence-corrected chi connectivity index (χ0v) is 17.9. The monoisotopic (exact) mass is 380 g/mol. The van der Waals surface area contributed by atoms with E-state index < -0.39 is 23.2 Å². The molecule has 0 aromatic heterocycles. The van der Waals surface area contributed by atoms with Crippen molar-refractivity contribution >= 4 is 11.9 Å². The highest BCUT2D eigenvalue weighted by Gasteiger charge is 2.63. The van der Waals surface area contributed by atoms with Crippen LogP contribution in [0.5, 0.6) is 0 Å². The van der Waals surface area contributed by atoms with Gasteiger partial charge in [0.15, 0.2) is 0 Å². The van der Waals surface area contributed by atoms with Gasteiger partial charge in [0, 0.05) is 31.1 Å². The van der Waals surface area contributed by atoms with Crippen molar-refractivity contribution in [2.75, 3.05) is 0 Å². The number of carbonyl (C=O) groups excluding carboxylic acids is 2. The van der Waals surface area contributed by atoms with Gasteiger partial charge in [-0.15, -0.1) is 0 Å². The fourth-order valence-electron chi connectivity index (χ4n) is 5.02. The van der Waals surface area contributed by atoms with E-state index in [2.05, 4.69) is 6.92 Å². The molecule has 2 aliphatic rings. The van der Waals surface area contributed by atoms with Crippen LogP contribution in [0.2, 0.25) is 0 Å². The number of esters is 2. The predicted octanol–water partition coefficient (Wildman–Crippen LogP) is 4.03. The summed E-state index contributed by atoms with van der Waals surface area (Å²) in [5.74, 6) is -0.632. The quantitative estimate of drug-likeness (QED) is 0.576. The largest absolute Gasteiger partial charge is 0.462 e. The Balaban J connectivity index is 2.46. The molecule has 2 aliphatic carbocycles. The summed E-state index contributed by atoms with van der Waals surface area (Å²) in [7, 11) is 0. The molecule has 0 heterocycles. The van der Waals surface area contributed by atoms with Crippen molar-refractivity contribution in [2.24, 2.45) is 23.2 Å². The molecule has 154 valence electrons. The third-order valence-corrected chi connectivity index (χ3v) is 6.44. The van der Waals surface area contributed by atoms with Gasteiger partial charge in [-0.25, -0.2) is 0 Å². The molecule has 0 spiro atoms. The Kier molecular flexibility index (Phi) is 6.45. The van der Waals surface area contributed by atoms with Crippen LogP contribution >= 0.6 is 0 Å². The van der Waals surface area contributed by atoms with Crippen molar-refractivity contribution in [1.29, 1.82) is 0 Å². The van der Waals surface area contributed by atoms with E-state index in [0.717, 1.165) is 5.57 Å². The molecule has 0 aromatic rings. The second-order valence-electron chi connectivity index (χ2n) is 9.50. The molecule has 1 N–H and O–H groups in total. The first-order valence-corrected chi connectivity index (χ1v) is 10.2. The Bertz CT molecular complexity index is 608. The Morgan fingerprint density at radius 1 is 1.22 bits per heavy atom. The first-order chi connectivity index (χ1) is 12.4. The van der Waals surface area contributed by atoms with Crippen molar-refractivity contribution in [3.8, 4) is 0 Å². The average Bonchev–Trinajstić information content (AvgIpc) is 2.73. The molecule has 0 aromatic carbocycles. The van der Waals surface area contributed by atoms with Gasteiger partial charge in [0.2, 0.25) is 0 Å². The fraction of sp³-hybridized carbons (Fsp3) is 0.818. The predicted molar refractivity (Wildman–Crippen MR) is 104 cm³/mol. The van der Waals surface area contributed by atoms with Crippen molar-refractivity contribution in [3.05, 3.63) is 11.6 Å². The number of aliphatic hydroxyl groups is 1. The van der Waals surface area contributed by atoms with Crippen LogP contribution in [0.3, 0.4) is 0 Å². The standard InChI is InChI=1S/C22H36O5/c1-13(2)10-19(24)27-17-11-15(5)12-18(26-16(6)23)21(7)8-9-22(25,14(3)4)20(17)21/h12-14,17-18,20,25H,8-11H2,1-7H3. The Morgan fingerprint density at radius 2 is 1.85 bits per heavy atom. The van der Waals surface area contributed by atoms with E-state index in [1.165, 1.54) is 6.92 Å². The maximum absolute atomic E-state index is 12.5. The van der Waals surface area contributed by atoms with Crippen LogP contribution < -0.4 is 0 Å². The summed E-state index contributed by atoms with van der Waals surface area (Å²) < 4.78 is 11.6. The first kappa shape index (κ1) is 21.9. The highest BCUT2D eigenvalue weighted by molar-refractivity contribution is 5.70. The molecule has 0 aliphatic heterocycles. The summed E-state index contributed by atoms with van der Waals surface area (Å²) in [6.45, 7) is 13.4. The minimum atomic E-state index is -0.964. The van der Waals surface area contributed by atoms with E-state index in [9.17, 15) is 14.7 Å². The molecule has 0 radical (unpaired) electrons. The summed E-state index contributed by atoms with van der Waals surface area (Å²) in [6, 6.07) is 0. The minimum Gasteiger partial charge on any atom is -0.462 e. The lowest BCUT2D eigenvalue weighted by atomic mass is 9.66. The maximum atomic E-state index is 12.5. The number of ether oxygens (including phenoxy) is 2. The van der Waals surface area contributed by atoms with Crippen molar-refractivity contribution in [3.63, 3.8) is 0 Å². The molecule has 27 heavy (non-hydrogen) atoms. The van der Waals surface area contributed by atoms with E-state index in [1.807, 2.05) is 40.7 Å². The normalized spacial score (nSPS) is 36.2. The van der Waals surface area contributed by atoms with Crippen molar-refractivity contribution < 1.29 is 24.2 Å². The molecule has 0 saturated heterocycles. The van der Waals surface area contributed by atoms with Crippen LogP contribution in [0, 0.1) is 23.2 Å². The third kappa shape index (κ3) is 4.39. The second-order valence-corrected chi connectivity index (χ2v) is 9.50. The van der Waals surface area contributed by atoms with Crippen molar-refractivity contribution in [2.45, 2.75) is 92.0 Å². The summed E-state index contributed by atoms with van der Waals surface area (Å²) in [6.07, 6.45) is 3.36. The lowest BCUT2D eigenvalue weighted by molar-refractivity contribution is -0.176. The van der Waals surface area contributed by atoms with Crippen LogP contribution in [0.15, 0.2) is 11.6 Å². The molecule has 5 nitrogen and oxygen atoms in total. The second kappa shape index (κ2) is 7.94. The summed E-state index contributed by atoms with van der Waals surface area (Å²) in [5, 5.41) is 11.6. The number of carbonyl (C=O) groups is 2. The zero-order chi connectivity index (χ0) is 20.6. The number of hydrogen-bond donors (Lipinski definition) is 1. The molecular formula is C22H36O5. The Labute approximate surface area is 163 Å². The van der Waals surface area contributed by atoms with Gasteiger partial charge in [-0.2, -0.15) is 0 Å². The fourth-order valence-corrected chi connectivity index (χ4v) is 5.02. The summed E-state index contributed by atoms with van der Waals surface area (Å²) >= 11 is 0. The molecule has 1 saturated carbocycles. The van der Waals surface area contributed by atoms with E-state index in [-0.39, 0.29) is 29.7 Å². The maximum Gasteiger partial charge on any atom is 0.306 e. The molecule has 1 fully saturated rings. The van der Waals surface area contributed by atoms with E-state index in [4.69, 9.17) is 9.47 Å². The smallest absolute Gasteiger partial charge is 0.306 e. The Hall–Kier alpha value is -1.36. The van der Waals surface area contributed by atoms with Gasteiger partial charge in [0.05, 0.1) is 5.60 Å². The van der Waals surface area contributed by atoms with E-state index in [1.54, 1.807) is 0 Å². The van der Waals surface area contributed by atoms with Crippen LogP contribution in [0.4, 0.5) is 0 Å². The van der Waals surface area contributed by atoms with E-state index >= 15 is 0 Å². The number of hydrogen-bond acceptors (Lipinski definition) is 5. The van der Waals surface area contributed by atoms with Gasteiger partial charge >= 0.3 is 11.9 Å². The van der Waals surface area contributed by atoms with Crippen LogP contribution in [-0.4, -0.2) is 34.9 Å². The van der Waals surface area contributed by atoms with Gasteiger partial charge in [0.1, 0.15) is 12.2 Å². The molecular weight excluding hydrogens is 344 g/mol. The zero-order valence-electron chi connectivity index (χ0n) is 17.9. The molecule has 5 atom stereocenters. The minimum absolute atomic E-state index is 0.00649.